The van der Waals surface area contributed by atoms with E-state index in [2.05, 4.69) is 22.5 Å². The Balaban J connectivity index is 1.70. The van der Waals surface area contributed by atoms with Gasteiger partial charge in [-0.3, -0.25) is 0 Å². The normalized spacial score (nSPS) is 18.9. The Kier molecular flexibility index (Phi) is 4.45. The van der Waals surface area contributed by atoms with E-state index in [1.165, 1.54) is 5.56 Å². The maximum atomic E-state index is 6.06. The van der Waals surface area contributed by atoms with Crippen LogP contribution in [0.4, 0.5) is 0 Å². The molecule has 2 atom stereocenters. The summed E-state index contributed by atoms with van der Waals surface area (Å²) in [5.41, 5.74) is 7.25. The van der Waals surface area contributed by atoms with E-state index in [4.69, 9.17) is 15.0 Å². The van der Waals surface area contributed by atoms with Crippen molar-refractivity contribution in [2.24, 2.45) is 5.73 Å². The summed E-state index contributed by atoms with van der Waals surface area (Å²) in [6.45, 7) is 0.579. The molecule has 5 nitrogen and oxygen atoms in total. The van der Waals surface area contributed by atoms with E-state index in [1.807, 2.05) is 18.2 Å². The van der Waals surface area contributed by atoms with E-state index in [0.29, 0.717) is 18.3 Å². The number of rotatable bonds is 5. The summed E-state index contributed by atoms with van der Waals surface area (Å²) >= 11 is 1.76. The van der Waals surface area contributed by atoms with Gasteiger partial charge >= 0.3 is 0 Å². The summed E-state index contributed by atoms with van der Waals surface area (Å²) < 4.78 is 11.1. The van der Waals surface area contributed by atoms with Crippen molar-refractivity contribution in [1.82, 2.24) is 10.1 Å². The summed E-state index contributed by atoms with van der Waals surface area (Å²) in [6, 6.07) is 7.88. The molecule has 2 heterocycles. The van der Waals surface area contributed by atoms with Crippen LogP contribution in [0.5, 0.6) is 5.75 Å². The minimum atomic E-state index is -0.185. The first-order valence-corrected chi connectivity index (χ1v) is 8.46. The van der Waals surface area contributed by atoms with Crippen LogP contribution in [0.1, 0.15) is 35.7 Å². The van der Waals surface area contributed by atoms with Gasteiger partial charge in [0.15, 0.2) is 5.82 Å². The molecule has 0 bridgehead atoms. The average molecular weight is 305 g/mol. The summed E-state index contributed by atoms with van der Waals surface area (Å²) in [6.07, 6.45) is 3.77. The molecule has 1 aromatic heterocycles. The molecule has 1 aliphatic heterocycles. The van der Waals surface area contributed by atoms with Gasteiger partial charge in [0.2, 0.25) is 5.89 Å². The van der Waals surface area contributed by atoms with Crippen molar-refractivity contribution in [2.45, 2.75) is 24.8 Å². The van der Waals surface area contributed by atoms with E-state index in [9.17, 15) is 0 Å². The monoisotopic (exact) mass is 305 g/mol. The molecular formula is C15H19N3O2S. The Hall–Kier alpha value is -1.53. The van der Waals surface area contributed by atoms with Gasteiger partial charge in [-0.15, -0.1) is 0 Å². The molecule has 1 aromatic carbocycles. The molecule has 0 radical (unpaired) electrons. The van der Waals surface area contributed by atoms with Gasteiger partial charge in [0.05, 0.1) is 18.6 Å². The predicted octanol–water partition coefficient (Wildman–Crippen LogP) is 2.54. The first-order chi connectivity index (χ1) is 10.3. The van der Waals surface area contributed by atoms with E-state index < -0.39 is 0 Å². The van der Waals surface area contributed by atoms with Crippen LogP contribution >= 0.6 is 11.8 Å². The topological polar surface area (TPSA) is 74.2 Å². The van der Waals surface area contributed by atoms with Crippen LogP contribution in [0.25, 0.3) is 0 Å². The standard InChI is InChI=1S/C15H19N3O2S/c1-21-7-6-12(16)15-17-14(18-20-15)11-8-10-4-2-3-5-13(10)19-9-11/h2-5,11-12H,6-9,16H2,1H3/t11?,12-/m1/s1. The molecule has 2 N–H and O–H groups in total. The van der Waals surface area contributed by atoms with Gasteiger partial charge in [-0.05, 0) is 36.5 Å². The average Bonchev–Trinajstić information content (AvgIpc) is 3.02. The Morgan fingerprint density at radius 3 is 3.14 bits per heavy atom. The summed E-state index contributed by atoms with van der Waals surface area (Å²) in [7, 11) is 0. The quantitative estimate of drug-likeness (QED) is 0.915. The highest BCUT2D eigenvalue weighted by Crippen LogP contribution is 2.31. The molecule has 0 fully saturated rings. The number of fused-ring (bicyclic) bond motifs is 1. The van der Waals surface area contributed by atoms with Crippen molar-refractivity contribution in [3.8, 4) is 5.75 Å². The maximum absolute atomic E-state index is 6.06. The third kappa shape index (κ3) is 3.22. The maximum Gasteiger partial charge on any atom is 0.243 e. The Morgan fingerprint density at radius 2 is 2.29 bits per heavy atom. The highest BCUT2D eigenvalue weighted by molar-refractivity contribution is 7.98. The Bertz CT molecular complexity index is 602. The first-order valence-electron chi connectivity index (χ1n) is 7.06. The van der Waals surface area contributed by atoms with E-state index >= 15 is 0 Å². The zero-order valence-corrected chi connectivity index (χ0v) is 12.8. The van der Waals surface area contributed by atoms with Crippen molar-refractivity contribution in [3.05, 3.63) is 41.5 Å². The molecule has 112 valence electrons. The number of aromatic nitrogens is 2. The van der Waals surface area contributed by atoms with Gasteiger partial charge in [0, 0.05) is 0 Å². The number of hydrogen-bond acceptors (Lipinski definition) is 6. The zero-order valence-electron chi connectivity index (χ0n) is 12.0. The lowest BCUT2D eigenvalue weighted by Gasteiger charge is -2.22. The lowest BCUT2D eigenvalue weighted by atomic mass is 9.96. The van der Waals surface area contributed by atoms with Crippen molar-refractivity contribution in [1.29, 1.82) is 0 Å². The van der Waals surface area contributed by atoms with E-state index in [1.54, 1.807) is 11.8 Å². The second-order valence-electron chi connectivity index (χ2n) is 5.20. The molecule has 0 saturated heterocycles. The van der Waals surface area contributed by atoms with Crippen molar-refractivity contribution >= 4 is 11.8 Å². The number of benzene rings is 1. The smallest absolute Gasteiger partial charge is 0.243 e. The van der Waals surface area contributed by atoms with Crippen LogP contribution in [0.3, 0.4) is 0 Å². The van der Waals surface area contributed by atoms with Crippen molar-refractivity contribution in [3.63, 3.8) is 0 Å². The third-order valence-corrected chi connectivity index (χ3v) is 4.30. The number of para-hydroxylation sites is 1. The van der Waals surface area contributed by atoms with Crippen LogP contribution in [-0.2, 0) is 6.42 Å². The molecule has 0 aliphatic carbocycles. The van der Waals surface area contributed by atoms with Crippen LogP contribution in [0.2, 0.25) is 0 Å². The molecule has 1 aliphatic rings. The molecule has 3 rings (SSSR count). The van der Waals surface area contributed by atoms with Crippen LogP contribution in [0.15, 0.2) is 28.8 Å². The van der Waals surface area contributed by atoms with Crippen molar-refractivity contribution in [2.75, 3.05) is 18.6 Å². The Labute approximate surface area is 128 Å². The number of nitrogens with two attached hydrogens (primary N) is 1. The fourth-order valence-corrected chi connectivity index (χ4v) is 2.92. The number of ether oxygens (including phenoxy) is 1. The van der Waals surface area contributed by atoms with Gasteiger partial charge in [0.1, 0.15) is 5.75 Å². The SMILES string of the molecule is CSCC[C@@H](N)c1nc(C2COc3ccccc3C2)no1. The molecule has 0 spiro atoms. The highest BCUT2D eigenvalue weighted by Gasteiger charge is 2.26. The summed E-state index contributed by atoms with van der Waals surface area (Å²) in [4.78, 5) is 4.47. The van der Waals surface area contributed by atoms with Crippen molar-refractivity contribution < 1.29 is 9.26 Å². The predicted molar refractivity (Wildman–Crippen MR) is 82.6 cm³/mol. The fraction of sp³-hybridized carbons (Fsp3) is 0.467. The molecular weight excluding hydrogens is 286 g/mol. The van der Waals surface area contributed by atoms with Crippen LogP contribution in [0, 0.1) is 0 Å². The minimum absolute atomic E-state index is 0.130. The Morgan fingerprint density at radius 1 is 1.43 bits per heavy atom. The third-order valence-electron chi connectivity index (χ3n) is 3.65. The number of thioether (sulfide) groups is 1. The molecule has 2 aromatic rings. The largest absolute Gasteiger partial charge is 0.493 e. The second kappa shape index (κ2) is 6.49. The van der Waals surface area contributed by atoms with Gasteiger partial charge in [-0.25, -0.2) is 0 Å². The molecule has 0 amide bonds. The van der Waals surface area contributed by atoms with Gasteiger partial charge in [-0.1, -0.05) is 23.4 Å². The lowest BCUT2D eigenvalue weighted by molar-refractivity contribution is 0.253. The van der Waals surface area contributed by atoms with Gasteiger partial charge in [0.25, 0.3) is 0 Å². The van der Waals surface area contributed by atoms with Gasteiger partial charge < -0.3 is 15.0 Å². The molecule has 1 unspecified atom stereocenters. The highest BCUT2D eigenvalue weighted by atomic mass is 32.2. The van der Waals surface area contributed by atoms with Gasteiger partial charge in [-0.2, -0.15) is 16.7 Å². The molecule has 6 heteroatoms. The second-order valence-corrected chi connectivity index (χ2v) is 6.18. The summed E-state index contributed by atoms with van der Waals surface area (Å²) in [5, 5.41) is 4.09. The molecule has 0 saturated carbocycles. The molecule has 21 heavy (non-hydrogen) atoms. The summed E-state index contributed by atoms with van der Waals surface area (Å²) in [5.74, 6) is 3.29. The number of nitrogens with zero attached hydrogens (tertiary/aromatic N) is 2. The zero-order chi connectivity index (χ0) is 14.7. The number of hydrogen-bond donors (Lipinski definition) is 1. The lowest BCUT2D eigenvalue weighted by Crippen LogP contribution is -2.20. The fourth-order valence-electron chi connectivity index (χ4n) is 2.43. The van der Waals surface area contributed by atoms with Crippen LogP contribution in [-0.4, -0.2) is 28.8 Å². The van der Waals surface area contributed by atoms with E-state index in [-0.39, 0.29) is 12.0 Å². The first kappa shape index (κ1) is 14.4. The van der Waals surface area contributed by atoms with Crippen LogP contribution < -0.4 is 10.5 Å². The minimum Gasteiger partial charge on any atom is -0.493 e. The van der Waals surface area contributed by atoms with E-state index in [0.717, 1.165) is 24.3 Å².